The van der Waals surface area contributed by atoms with E-state index in [-0.39, 0.29) is 25.0 Å². The predicted molar refractivity (Wildman–Crippen MR) is 80.8 cm³/mol. The van der Waals surface area contributed by atoms with Crippen molar-refractivity contribution in [2.75, 3.05) is 13.2 Å². The molecule has 0 amide bonds. The van der Waals surface area contributed by atoms with E-state index in [1.54, 1.807) is 13.8 Å². The minimum absolute atomic E-state index is 0.0463. The van der Waals surface area contributed by atoms with Crippen molar-refractivity contribution in [3.05, 3.63) is 35.9 Å². The van der Waals surface area contributed by atoms with Gasteiger partial charge in [-0.1, -0.05) is 44.2 Å². The number of benzene rings is 1. The third-order valence-electron chi connectivity index (χ3n) is 3.72. The van der Waals surface area contributed by atoms with E-state index in [0.717, 1.165) is 5.56 Å². The SMILES string of the molecule is CCOC(=O)C(C(=O)OCC)C(C)C(C)c1ccccc1. The summed E-state index contributed by atoms with van der Waals surface area (Å²) in [6, 6.07) is 9.82. The van der Waals surface area contributed by atoms with Gasteiger partial charge < -0.3 is 9.47 Å². The second-order valence-electron chi connectivity index (χ2n) is 5.04. The first kappa shape index (κ1) is 17.2. The summed E-state index contributed by atoms with van der Waals surface area (Å²) >= 11 is 0. The van der Waals surface area contributed by atoms with E-state index in [1.165, 1.54) is 0 Å². The number of rotatable bonds is 7. The van der Waals surface area contributed by atoms with Gasteiger partial charge in [-0.25, -0.2) is 0 Å². The highest BCUT2D eigenvalue weighted by atomic mass is 16.6. The minimum Gasteiger partial charge on any atom is -0.465 e. The molecule has 0 heterocycles. The van der Waals surface area contributed by atoms with E-state index < -0.39 is 17.9 Å². The number of ether oxygens (including phenoxy) is 2. The molecule has 21 heavy (non-hydrogen) atoms. The summed E-state index contributed by atoms with van der Waals surface area (Å²) in [6.45, 7) is 7.85. The molecule has 0 bridgehead atoms. The van der Waals surface area contributed by atoms with Crippen LogP contribution in [-0.4, -0.2) is 25.2 Å². The third-order valence-corrected chi connectivity index (χ3v) is 3.72. The molecule has 2 unspecified atom stereocenters. The summed E-state index contributed by atoms with van der Waals surface area (Å²) in [6.07, 6.45) is 0. The molecule has 0 radical (unpaired) electrons. The minimum atomic E-state index is -0.889. The van der Waals surface area contributed by atoms with Crippen LogP contribution in [0.4, 0.5) is 0 Å². The zero-order valence-corrected chi connectivity index (χ0v) is 13.2. The van der Waals surface area contributed by atoms with Crippen LogP contribution in [-0.2, 0) is 19.1 Å². The molecule has 0 saturated heterocycles. The molecule has 0 spiro atoms. The standard InChI is InChI=1S/C17H24O4/c1-5-20-16(18)15(17(19)21-6-2)13(4)12(3)14-10-8-7-9-11-14/h7-13,15H,5-6H2,1-4H3. The molecule has 4 heteroatoms. The molecule has 1 aromatic carbocycles. The topological polar surface area (TPSA) is 52.6 Å². The fourth-order valence-corrected chi connectivity index (χ4v) is 2.34. The maximum Gasteiger partial charge on any atom is 0.320 e. The van der Waals surface area contributed by atoms with Gasteiger partial charge >= 0.3 is 11.9 Å². The molecule has 1 aromatic rings. The largest absolute Gasteiger partial charge is 0.465 e. The van der Waals surface area contributed by atoms with Gasteiger partial charge in [-0.15, -0.1) is 0 Å². The Morgan fingerprint density at radius 1 is 0.952 bits per heavy atom. The lowest BCUT2D eigenvalue weighted by molar-refractivity contribution is -0.164. The van der Waals surface area contributed by atoms with Gasteiger partial charge in [-0.3, -0.25) is 9.59 Å². The Balaban J connectivity index is 2.96. The third kappa shape index (κ3) is 4.59. The summed E-state index contributed by atoms with van der Waals surface area (Å²) in [5, 5.41) is 0. The van der Waals surface area contributed by atoms with Gasteiger partial charge in [0.05, 0.1) is 13.2 Å². The second kappa shape index (κ2) is 8.45. The summed E-state index contributed by atoms with van der Waals surface area (Å²) in [5.74, 6) is -2.06. The van der Waals surface area contributed by atoms with Crippen molar-refractivity contribution in [3.8, 4) is 0 Å². The van der Waals surface area contributed by atoms with Crippen LogP contribution in [0.2, 0.25) is 0 Å². The lowest BCUT2D eigenvalue weighted by atomic mass is 9.80. The molecule has 1 rings (SSSR count). The van der Waals surface area contributed by atoms with Gasteiger partial charge in [-0.05, 0) is 31.2 Å². The first-order chi connectivity index (χ1) is 10.0. The van der Waals surface area contributed by atoms with Gasteiger partial charge in [0.1, 0.15) is 0 Å². The second-order valence-corrected chi connectivity index (χ2v) is 5.04. The van der Waals surface area contributed by atoms with Gasteiger partial charge in [0.15, 0.2) is 5.92 Å². The van der Waals surface area contributed by atoms with E-state index in [9.17, 15) is 9.59 Å². The number of carbonyl (C=O) groups excluding carboxylic acids is 2. The molecule has 2 atom stereocenters. The Bertz CT molecular complexity index is 437. The van der Waals surface area contributed by atoms with Crippen molar-refractivity contribution in [2.45, 2.75) is 33.6 Å². The van der Waals surface area contributed by atoms with Crippen LogP contribution < -0.4 is 0 Å². The molecule has 0 aromatic heterocycles. The Morgan fingerprint density at radius 2 is 1.43 bits per heavy atom. The van der Waals surface area contributed by atoms with E-state index in [1.807, 2.05) is 44.2 Å². The van der Waals surface area contributed by atoms with Crippen molar-refractivity contribution in [2.24, 2.45) is 11.8 Å². The van der Waals surface area contributed by atoms with E-state index in [4.69, 9.17) is 9.47 Å². The fraction of sp³-hybridized carbons (Fsp3) is 0.529. The fourth-order valence-electron chi connectivity index (χ4n) is 2.34. The molecule has 0 N–H and O–H groups in total. The molecule has 0 aliphatic rings. The lowest BCUT2D eigenvalue weighted by Gasteiger charge is -2.26. The Kier molecular flexibility index (Phi) is 6.92. The van der Waals surface area contributed by atoms with E-state index >= 15 is 0 Å². The quantitative estimate of drug-likeness (QED) is 0.572. The average molecular weight is 292 g/mol. The first-order valence-electron chi connectivity index (χ1n) is 7.41. The highest BCUT2D eigenvalue weighted by Gasteiger charge is 2.37. The van der Waals surface area contributed by atoms with Crippen LogP contribution in [0.3, 0.4) is 0 Å². The summed E-state index contributed by atoms with van der Waals surface area (Å²) in [5.41, 5.74) is 1.09. The normalized spacial score (nSPS) is 13.6. The predicted octanol–water partition coefficient (Wildman–Crippen LogP) is 3.17. The number of hydrogen-bond donors (Lipinski definition) is 0. The zero-order valence-electron chi connectivity index (χ0n) is 13.2. The van der Waals surface area contributed by atoms with Crippen LogP contribution in [0.1, 0.15) is 39.2 Å². The van der Waals surface area contributed by atoms with Crippen molar-refractivity contribution >= 4 is 11.9 Å². The average Bonchev–Trinajstić information content (AvgIpc) is 2.48. The Labute approximate surface area is 126 Å². The molecule has 116 valence electrons. The maximum absolute atomic E-state index is 12.1. The van der Waals surface area contributed by atoms with Crippen molar-refractivity contribution in [1.82, 2.24) is 0 Å². The molecule has 0 aliphatic carbocycles. The summed E-state index contributed by atoms with van der Waals surface area (Å²) < 4.78 is 10.1. The van der Waals surface area contributed by atoms with Crippen LogP contribution in [0.25, 0.3) is 0 Å². The maximum atomic E-state index is 12.1. The number of esters is 2. The van der Waals surface area contributed by atoms with Crippen LogP contribution in [0.5, 0.6) is 0 Å². The Morgan fingerprint density at radius 3 is 1.86 bits per heavy atom. The molecular formula is C17H24O4. The molecule has 0 aliphatic heterocycles. The van der Waals surface area contributed by atoms with E-state index in [0.29, 0.717) is 0 Å². The van der Waals surface area contributed by atoms with Gasteiger partial charge in [0, 0.05) is 0 Å². The Hall–Kier alpha value is -1.84. The highest BCUT2D eigenvalue weighted by Crippen LogP contribution is 2.31. The van der Waals surface area contributed by atoms with Gasteiger partial charge in [0.25, 0.3) is 0 Å². The molecule has 4 nitrogen and oxygen atoms in total. The van der Waals surface area contributed by atoms with Crippen molar-refractivity contribution in [3.63, 3.8) is 0 Å². The zero-order chi connectivity index (χ0) is 15.8. The van der Waals surface area contributed by atoms with Gasteiger partial charge in [0.2, 0.25) is 0 Å². The van der Waals surface area contributed by atoms with Crippen LogP contribution >= 0.6 is 0 Å². The van der Waals surface area contributed by atoms with Gasteiger partial charge in [-0.2, -0.15) is 0 Å². The highest BCUT2D eigenvalue weighted by molar-refractivity contribution is 5.95. The summed E-state index contributed by atoms with van der Waals surface area (Å²) in [4.78, 5) is 24.2. The van der Waals surface area contributed by atoms with E-state index in [2.05, 4.69) is 0 Å². The monoisotopic (exact) mass is 292 g/mol. The van der Waals surface area contributed by atoms with Crippen molar-refractivity contribution in [1.29, 1.82) is 0 Å². The number of carbonyl (C=O) groups is 2. The molecule has 0 fully saturated rings. The van der Waals surface area contributed by atoms with Crippen LogP contribution in [0.15, 0.2) is 30.3 Å². The van der Waals surface area contributed by atoms with Crippen LogP contribution in [0, 0.1) is 11.8 Å². The first-order valence-corrected chi connectivity index (χ1v) is 7.41. The smallest absolute Gasteiger partial charge is 0.320 e. The molecular weight excluding hydrogens is 268 g/mol. The molecule has 0 saturated carbocycles. The summed E-state index contributed by atoms with van der Waals surface area (Å²) in [7, 11) is 0. The lowest BCUT2D eigenvalue weighted by Crippen LogP contribution is -2.35. The number of hydrogen-bond acceptors (Lipinski definition) is 4. The van der Waals surface area contributed by atoms with Crippen molar-refractivity contribution < 1.29 is 19.1 Å².